The van der Waals surface area contributed by atoms with E-state index in [1.54, 1.807) is 42.6 Å². The molecule has 5 rings (SSSR count). The Labute approximate surface area is 223 Å². The van der Waals surface area contributed by atoms with Crippen LogP contribution in [0.4, 0.5) is 17.6 Å². The standard InChI is InChI=1S/C24H19ClFN3O3.C2HF3O2/c25-17-3-1-13(2-4-17)22(30)12-27-24(31)19-8-15(7-14-5-6-32-23(14)19)18-9-16-11-28-29-21(16)10-20(18)26;3-2(4,5)1(6)7/h1-4,7-11,22,30H,5-6,12H2,(H,27,31)(H,28,29);(H,6,7). The second kappa shape index (κ2) is 11.3. The summed E-state index contributed by atoms with van der Waals surface area (Å²) in [4.78, 5) is 21.9. The number of halogens is 5. The Morgan fingerprint density at radius 1 is 1.15 bits per heavy atom. The van der Waals surface area contributed by atoms with E-state index >= 15 is 0 Å². The number of rotatable bonds is 5. The van der Waals surface area contributed by atoms with E-state index < -0.39 is 30.0 Å². The third-order valence-corrected chi connectivity index (χ3v) is 6.07. The zero-order chi connectivity index (χ0) is 28.3. The number of benzene rings is 3. The first-order valence-corrected chi connectivity index (χ1v) is 11.8. The zero-order valence-corrected chi connectivity index (χ0v) is 20.6. The number of aliphatic carboxylic acids is 1. The van der Waals surface area contributed by atoms with Gasteiger partial charge in [-0.15, -0.1) is 0 Å². The molecule has 0 spiro atoms. The quantitative estimate of drug-likeness (QED) is 0.251. The second-order valence-corrected chi connectivity index (χ2v) is 8.92. The van der Waals surface area contributed by atoms with Crippen LogP contribution in [0.25, 0.3) is 22.0 Å². The van der Waals surface area contributed by atoms with Crippen molar-refractivity contribution in [3.63, 3.8) is 0 Å². The molecule has 4 aromatic rings. The van der Waals surface area contributed by atoms with Gasteiger partial charge in [0.05, 0.1) is 30.0 Å². The molecule has 39 heavy (non-hydrogen) atoms. The number of alkyl halides is 3. The normalized spacial score (nSPS) is 13.2. The Balaban J connectivity index is 0.000000448. The second-order valence-electron chi connectivity index (χ2n) is 8.48. The van der Waals surface area contributed by atoms with E-state index in [1.165, 1.54) is 6.07 Å². The number of H-pyrrole nitrogens is 1. The number of amides is 1. The number of carboxylic acid groups (broad SMARTS) is 1. The summed E-state index contributed by atoms with van der Waals surface area (Å²) in [6, 6.07) is 13.3. The van der Waals surface area contributed by atoms with E-state index in [0.717, 1.165) is 10.9 Å². The van der Waals surface area contributed by atoms with E-state index in [2.05, 4.69) is 15.5 Å². The fourth-order valence-electron chi connectivity index (χ4n) is 3.91. The SMILES string of the molecule is O=C(NCC(O)c1ccc(Cl)cc1)c1cc(-c2cc3cn[nH]c3cc2F)cc2c1OCC2.O=C(O)C(F)(F)F. The third-order valence-electron chi connectivity index (χ3n) is 5.82. The summed E-state index contributed by atoms with van der Waals surface area (Å²) in [7, 11) is 0. The lowest BCUT2D eigenvalue weighted by Gasteiger charge is -2.15. The smallest absolute Gasteiger partial charge is 0.490 e. The molecule has 1 atom stereocenters. The summed E-state index contributed by atoms with van der Waals surface area (Å²) in [6.45, 7) is 0.463. The van der Waals surface area contributed by atoms with E-state index in [4.69, 9.17) is 26.2 Å². The van der Waals surface area contributed by atoms with Gasteiger partial charge in [-0.1, -0.05) is 23.7 Å². The summed E-state index contributed by atoms with van der Waals surface area (Å²) < 4.78 is 52.2. The van der Waals surface area contributed by atoms with Crippen LogP contribution >= 0.6 is 11.6 Å². The predicted octanol–water partition coefficient (Wildman–Crippen LogP) is 5.05. The number of carboxylic acids is 1. The Hall–Kier alpha value is -4.16. The minimum atomic E-state index is -5.08. The molecule has 1 aliphatic heterocycles. The van der Waals surface area contributed by atoms with Gasteiger partial charge >= 0.3 is 12.1 Å². The highest BCUT2D eigenvalue weighted by Gasteiger charge is 2.38. The first-order valence-electron chi connectivity index (χ1n) is 11.4. The molecule has 204 valence electrons. The number of aromatic nitrogens is 2. The van der Waals surface area contributed by atoms with Crippen molar-refractivity contribution in [2.75, 3.05) is 13.2 Å². The lowest BCUT2D eigenvalue weighted by atomic mass is 9.96. The fraction of sp³-hybridized carbons (Fsp3) is 0.192. The maximum Gasteiger partial charge on any atom is 0.490 e. The molecule has 0 radical (unpaired) electrons. The molecule has 0 fully saturated rings. The molecular formula is C26H20ClF4N3O5. The number of aromatic amines is 1. The summed E-state index contributed by atoms with van der Waals surface area (Å²) in [5.74, 6) is -3.07. The molecule has 1 aromatic heterocycles. The number of ether oxygens (including phenoxy) is 1. The summed E-state index contributed by atoms with van der Waals surface area (Å²) in [6.07, 6.45) is -3.72. The van der Waals surface area contributed by atoms with Gasteiger partial charge in [-0.2, -0.15) is 18.3 Å². The Morgan fingerprint density at radius 2 is 1.85 bits per heavy atom. The van der Waals surface area contributed by atoms with Gasteiger partial charge in [-0.25, -0.2) is 9.18 Å². The minimum absolute atomic E-state index is 0.00874. The van der Waals surface area contributed by atoms with E-state index in [1.807, 2.05) is 6.07 Å². The molecule has 0 saturated heterocycles. The summed E-state index contributed by atoms with van der Waals surface area (Å²) in [5, 5.41) is 28.3. The number of carbonyl (C=O) groups is 2. The van der Waals surface area contributed by atoms with Crippen molar-refractivity contribution >= 4 is 34.4 Å². The van der Waals surface area contributed by atoms with Gasteiger partial charge in [-0.05, 0) is 47.0 Å². The average molecular weight is 566 g/mol. The van der Waals surface area contributed by atoms with Crippen LogP contribution in [0.3, 0.4) is 0 Å². The third kappa shape index (κ3) is 6.47. The number of nitrogens with zero attached hydrogens (tertiary/aromatic N) is 1. The Kier molecular flexibility index (Phi) is 8.07. The van der Waals surface area contributed by atoms with E-state index in [9.17, 15) is 27.5 Å². The highest BCUT2D eigenvalue weighted by Crippen LogP contribution is 2.36. The maximum atomic E-state index is 14.8. The van der Waals surface area contributed by atoms with E-state index in [0.29, 0.717) is 51.6 Å². The van der Waals surface area contributed by atoms with Crippen LogP contribution in [0, 0.1) is 5.82 Å². The molecular weight excluding hydrogens is 546 g/mol. The molecule has 0 aliphatic carbocycles. The molecule has 1 amide bonds. The largest absolute Gasteiger partial charge is 0.492 e. The molecule has 0 bridgehead atoms. The van der Waals surface area contributed by atoms with Crippen LogP contribution in [0.5, 0.6) is 5.75 Å². The number of carbonyl (C=O) groups excluding carboxylic acids is 1. The fourth-order valence-corrected chi connectivity index (χ4v) is 4.03. The van der Waals surface area contributed by atoms with Crippen LogP contribution in [-0.4, -0.2) is 51.6 Å². The Bertz CT molecular complexity index is 1520. The summed E-state index contributed by atoms with van der Waals surface area (Å²) >= 11 is 5.88. The lowest BCUT2D eigenvalue weighted by molar-refractivity contribution is -0.192. The van der Waals surface area contributed by atoms with Crippen molar-refractivity contribution in [3.05, 3.63) is 82.3 Å². The van der Waals surface area contributed by atoms with Gasteiger partial charge in [0, 0.05) is 35.0 Å². The van der Waals surface area contributed by atoms with Gasteiger partial charge in [0.15, 0.2) is 0 Å². The number of aliphatic hydroxyl groups excluding tert-OH is 1. The molecule has 1 unspecified atom stereocenters. The van der Waals surface area contributed by atoms with Gasteiger partial charge in [-0.3, -0.25) is 9.89 Å². The van der Waals surface area contributed by atoms with Gasteiger partial charge in [0.25, 0.3) is 5.91 Å². The highest BCUT2D eigenvalue weighted by atomic mass is 35.5. The lowest BCUT2D eigenvalue weighted by Crippen LogP contribution is -2.28. The zero-order valence-electron chi connectivity index (χ0n) is 19.9. The van der Waals surface area contributed by atoms with Crippen LogP contribution in [-0.2, 0) is 11.2 Å². The predicted molar refractivity (Wildman–Crippen MR) is 133 cm³/mol. The highest BCUT2D eigenvalue weighted by molar-refractivity contribution is 6.30. The number of hydrogen-bond donors (Lipinski definition) is 4. The molecule has 3 aromatic carbocycles. The van der Waals surface area contributed by atoms with Gasteiger partial charge in [0.2, 0.25) is 0 Å². The molecule has 2 heterocycles. The van der Waals surface area contributed by atoms with Crippen LogP contribution in [0.15, 0.2) is 54.7 Å². The van der Waals surface area contributed by atoms with Crippen molar-refractivity contribution in [2.45, 2.75) is 18.7 Å². The van der Waals surface area contributed by atoms with Crippen LogP contribution < -0.4 is 10.1 Å². The number of fused-ring (bicyclic) bond motifs is 2. The van der Waals surface area contributed by atoms with Gasteiger partial charge < -0.3 is 20.3 Å². The van der Waals surface area contributed by atoms with Crippen molar-refractivity contribution < 1.29 is 42.1 Å². The monoisotopic (exact) mass is 565 g/mol. The van der Waals surface area contributed by atoms with Crippen LogP contribution in [0.1, 0.15) is 27.6 Å². The number of hydrogen-bond acceptors (Lipinski definition) is 5. The molecule has 13 heteroatoms. The van der Waals surface area contributed by atoms with Crippen LogP contribution in [0.2, 0.25) is 5.02 Å². The first kappa shape index (κ1) is 27.9. The van der Waals surface area contributed by atoms with Crippen molar-refractivity contribution in [2.24, 2.45) is 0 Å². The minimum Gasteiger partial charge on any atom is -0.492 e. The molecule has 4 N–H and O–H groups in total. The van der Waals surface area contributed by atoms with Gasteiger partial charge in [0.1, 0.15) is 11.6 Å². The molecule has 0 saturated carbocycles. The molecule has 1 aliphatic rings. The number of aliphatic hydroxyl groups is 1. The van der Waals surface area contributed by atoms with Crippen molar-refractivity contribution in [1.29, 1.82) is 0 Å². The molecule has 8 nitrogen and oxygen atoms in total. The topological polar surface area (TPSA) is 125 Å². The summed E-state index contributed by atoms with van der Waals surface area (Å²) in [5.41, 5.74) is 3.36. The van der Waals surface area contributed by atoms with Crippen molar-refractivity contribution in [3.8, 4) is 16.9 Å². The first-order chi connectivity index (χ1) is 18.4. The average Bonchev–Trinajstić information content (AvgIpc) is 3.55. The van der Waals surface area contributed by atoms with Crippen molar-refractivity contribution in [1.82, 2.24) is 15.5 Å². The van der Waals surface area contributed by atoms with E-state index in [-0.39, 0.29) is 6.54 Å². The number of nitrogens with one attached hydrogen (secondary N) is 2. The maximum absolute atomic E-state index is 14.8. The Morgan fingerprint density at radius 3 is 2.51 bits per heavy atom.